The molecule has 4 heteroatoms. The number of halogens is 1. The summed E-state index contributed by atoms with van der Waals surface area (Å²) in [5.74, 6) is 2.37. The molecule has 0 aliphatic heterocycles. The van der Waals surface area contributed by atoms with Crippen molar-refractivity contribution in [3.8, 4) is 0 Å². The molecule has 1 N–H and O–H groups in total. The molecule has 0 unspecified atom stereocenters. The molecule has 1 heterocycles. The molecule has 0 atom stereocenters. The fourth-order valence-corrected chi connectivity index (χ4v) is 2.68. The lowest BCUT2D eigenvalue weighted by Gasteiger charge is -2.20. The predicted octanol–water partition coefficient (Wildman–Crippen LogP) is 3.75. The Balaban J connectivity index is 1.79. The van der Waals surface area contributed by atoms with Crippen LogP contribution in [0.4, 0.5) is 5.82 Å². The van der Waals surface area contributed by atoms with Crippen LogP contribution in [-0.2, 0) is 0 Å². The molecule has 3 nitrogen and oxygen atoms in total. The summed E-state index contributed by atoms with van der Waals surface area (Å²) in [6.45, 7) is 0. The maximum Gasteiger partial charge on any atom is 0.135 e. The van der Waals surface area contributed by atoms with Crippen molar-refractivity contribution in [2.24, 2.45) is 0 Å². The largest absolute Gasteiger partial charge is 0.367 e. The normalized spacial score (nSPS) is 21.5. The number of anilines is 1. The molecular weight excluding hydrogens is 234 g/mol. The molecule has 2 fully saturated rings. The Morgan fingerprint density at radius 3 is 2.53 bits per heavy atom. The Bertz CT molecular complexity index is 398. The van der Waals surface area contributed by atoms with E-state index in [0.717, 1.165) is 11.6 Å². The number of nitrogens with zero attached hydrogens (tertiary/aromatic N) is 2. The first kappa shape index (κ1) is 11.3. The molecule has 1 aromatic heterocycles. The van der Waals surface area contributed by atoms with Crippen LogP contribution in [0.25, 0.3) is 0 Å². The zero-order valence-electron chi connectivity index (χ0n) is 9.95. The van der Waals surface area contributed by atoms with Gasteiger partial charge in [0.2, 0.25) is 0 Å². The Labute approximate surface area is 107 Å². The van der Waals surface area contributed by atoms with E-state index in [4.69, 9.17) is 11.6 Å². The molecule has 0 aromatic carbocycles. The Morgan fingerprint density at radius 2 is 1.82 bits per heavy atom. The Kier molecular flexibility index (Phi) is 3.19. The quantitative estimate of drug-likeness (QED) is 0.832. The number of hydrogen-bond acceptors (Lipinski definition) is 3. The molecule has 1 aromatic rings. The second-order valence-electron chi connectivity index (χ2n) is 5.19. The van der Waals surface area contributed by atoms with Crippen molar-refractivity contribution in [2.75, 3.05) is 5.32 Å². The van der Waals surface area contributed by atoms with E-state index in [1.165, 1.54) is 44.9 Å². The van der Waals surface area contributed by atoms with Gasteiger partial charge in [-0.15, -0.1) is 0 Å². The van der Waals surface area contributed by atoms with Crippen LogP contribution < -0.4 is 5.32 Å². The molecule has 0 saturated heterocycles. The smallest absolute Gasteiger partial charge is 0.135 e. The van der Waals surface area contributed by atoms with Crippen LogP contribution in [0, 0.1) is 0 Å². The van der Waals surface area contributed by atoms with E-state index >= 15 is 0 Å². The molecule has 92 valence electrons. The second kappa shape index (κ2) is 4.81. The van der Waals surface area contributed by atoms with Gasteiger partial charge in [0.05, 0.1) is 0 Å². The van der Waals surface area contributed by atoms with Crippen molar-refractivity contribution in [1.82, 2.24) is 9.97 Å². The van der Waals surface area contributed by atoms with Crippen molar-refractivity contribution < 1.29 is 0 Å². The topological polar surface area (TPSA) is 37.8 Å². The maximum atomic E-state index is 6.08. The maximum absolute atomic E-state index is 6.08. The molecule has 3 rings (SSSR count). The first-order valence-electron chi connectivity index (χ1n) is 6.62. The molecule has 2 aliphatic carbocycles. The summed E-state index contributed by atoms with van der Waals surface area (Å²) < 4.78 is 0. The Morgan fingerprint density at radius 1 is 1.06 bits per heavy atom. The average molecular weight is 252 g/mol. The van der Waals surface area contributed by atoms with E-state index in [9.17, 15) is 0 Å². The molecule has 0 bridgehead atoms. The van der Waals surface area contributed by atoms with Crippen LogP contribution in [0.2, 0.25) is 5.15 Å². The van der Waals surface area contributed by atoms with Gasteiger partial charge in [0.25, 0.3) is 0 Å². The van der Waals surface area contributed by atoms with Gasteiger partial charge in [-0.05, 0) is 25.7 Å². The zero-order chi connectivity index (χ0) is 11.7. The van der Waals surface area contributed by atoms with Crippen LogP contribution in [-0.4, -0.2) is 16.0 Å². The summed E-state index contributed by atoms with van der Waals surface area (Å²) in [5.41, 5.74) is 0. The van der Waals surface area contributed by atoms with Crippen molar-refractivity contribution in [1.29, 1.82) is 0 Å². The standard InChI is InChI=1S/C13H18ClN3/c14-11-8-12(15-10-6-7-10)17-13(16-11)9-4-2-1-3-5-9/h8-10H,1-7H2,(H,15,16,17). The predicted molar refractivity (Wildman–Crippen MR) is 69.5 cm³/mol. The highest BCUT2D eigenvalue weighted by atomic mass is 35.5. The van der Waals surface area contributed by atoms with E-state index in [2.05, 4.69) is 15.3 Å². The van der Waals surface area contributed by atoms with Gasteiger partial charge in [-0.1, -0.05) is 30.9 Å². The number of hydrogen-bond donors (Lipinski definition) is 1. The number of aromatic nitrogens is 2. The van der Waals surface area contributed by atoms with E-state index < -0.39 is 0 Å². The highest BCUT2D eigenvalue weighted by Gasteiger charge is 2.23. The van der Waals surface area contributed by atoms with E-state index in [1.807, 2.05) is 6.07 Å². The van der Waals surface area contributed by atoms with Gasteiger partial charge in [-0.3, -0.25) is 0 Å². The third-order valence-corrected chi connectivity index (χ3v) is 3.81. The Hall–Kier alpha value is -0.830. The summed E-state index contributed by atoms with van der Waals surface area (Å²) in [5, 5.41) is 3.97. The van der Waals surface area contributed by atoms with Gasteiger partial charge in [-0.25, -0.2) is 9.97 Å². The molecule has 2 aliphatic rings. The first-order valence-corrected chi connectivity index (χ1v) is 7.00. The number of nitrogens with one attached hydrogen (secondary N) is 1. The third-order valence-electron chi connectivity index (χ3n) is 3.61. The summed E-state index contributed by atoms with van der Waals surface area (Å²) in [4.78, 5) is 9.03. The van der Waals surface area contributed by atoms with Crippen LogP contribution in [0.15, 0.2) is 6.07 Å². The van der Waals surface area contributed by atoms with Crippen molar-refractivity contribution >= 4 is 17.4 Å². The average Bonchev–Trinajstić information content (AvgIpc) is 3.13. The first-order chi connectivity index (χ1) is 8.31. The van der Waals surface area contributed by atoms with E-state index in [0.29, 0.717) is 17.1 Å². The zero-order valence-corrected chi connectivity index (χ0v) is 10.7. The van der Waals surface area contributed by atoms with Crippen LogP contribution in [0.5, 0.6) is 0 Å². The van der Waals surface area contributed by atoms with E-state index in [1.54, 1.807) is 0 Å². The van der Waals surface area contributed by atoms with Gasteiger partial charge in [-0.2, -0.15) is 0 Å². The minimum absolute atomic E-state index is 0.516. The lowest BCUT2D eigenvalue weighted by Crippen LogP contribution is -2.11. The van der Waals surface area contributed by atoms with Crippen LogP contribution in [0.1, 0.15) is 56.7 Å². The number of rotatable bonds is 3. The lowest BCUT2D eigenvalue weighted by molar-refractivity contribution is 0.429. The van der Waals surface area contributed by atoms with Gasteiger partial charge < -0.3 is 5.32 Å². The highest BCUT2D eigenvalue weighted by molar-refractivity contribution is 6.29. The molecule has 2 saturated carbocycles. The van der Waals surface area contributed by atoms with E-state index in [-0.39, 0.29) is 0 Å². The molecule has 0 radical (unpaired) electrons. The molecule has 0 amide bonds. The fourth-order valence-electron chi connectivity index (χ4n) is 2.49. The minimum atomic E-state index is 0.516. The third kappa shape index (κ3) is 2.89. The van der Waals surface area contributed by atoms with Gasteiger partial charge in [0.1, 0.15) is 16.8 Å². The van der Waals surface area contributed by atoms with Crippen molar-refractivity contribution in [2.45, 2.75) is 56.9 Å². The molecule has 0 spiro atoms. The highest BCUT2D eigenvalue weighted by Crippen LogP contribution is 2.32. The lowest BCUT2D eigenvalue weighted by atomic mass is 9.89. The van der Waals surface area contributed by atoms with Gasteiger partial charge >= 0.3 is 0 Å². The molecule has 17 heavy (non-hydrogen) atoms. The van der Waals surface area contributed by atoms with Gasteiger partial charge in [0.15, 0.2) is 0 Å². The van der Waals surface area contributed by atoms with Crippen molar-refractivity contribution in [3.63, 3.8) is 0 Å². The summed E-state index contributed by atoms with van der Waals surface area (Å²) >= 11 is 6.08. The summed E-state index contributed by atoms with van der Waals surface area (Å²) in [7, 11) is 0. The minimum Gasteiger partial charge on any atom is -0.367 e. The fraction of sp³-hybridized carbons (Fsp3) is 0.692. The molecular formula is C13H18ClN3. The SMILES string of the molecule is Clc1cc(NC2CC2)nc(C2CCCCC2)n1. The van der Waals surface area contributed by atoms with Gasteiger partial charge in [0, 0.05) is 18.0 Å². The van der Waals surface area contributed by atoms with Crippen molar-refractivity contribution in [3.05, 3.63) is 17.0 Å². The van der Waals surface area contributed by atoms with Crippen LogP contribution in [0.3, 0.4) is 0 Å². The monoisotopic (exact) mass is 251 g/mol. The van der Waals surface area contributed by atoms with Crippen LogP contribution >= 0.6 is 11.6 Å². The summed E-state index contributed by atoms with van der Waals surface area (Å²) in [6.07, 6.45) is 8.87. The summed E-state index contributed by atoms with van der Waals surface area (Å²) in [6, 6.07) is 2.45. The second-order valence-corrected chi connectivity index (χ2v) is 5.57.